The van der Waals surface area contributed by atoms with Crippen molar-refractivity contribution in [3.8, 4) is 0 Å². The summed E-state index contributed by atoms with van der Waals surface area (Å²) in [6.45, 7) is 0. The minimum atomic E-state index is 0. The Morgan fingerprint density at radius 2 is 0.783 bits per heavy atom. The predicted molar refractivity (Wildman–Crippen MR) is 93.2 cm³/mol. The van der Waals surface area contributed by atoms with E-state index in [4.69, 9.17) is 0 Å². The molecule has 0 bridgehead atoms. The summed E-state index contributed by atoms with van der Waals surface area (Å²) in [4.78, 5) is 0. The van der Waals surface area contributed by atoms with Gasteiger partial charge in [-0.15, -0.1) is 0 Å². The van der Waals surface area contributed by atoms with E-state index < -0.39 is 0 Å². The molecule has 0 unspecified atom stereocenters. The third-order valence-electron chi connectivity index (χ3n) is 2.61. The molecule has 0 N–H and O–H groups in total. The minimum Gasteiger partial charge on any atom is -0.214 e. The van der Waals surface area contributed by atoms with E-state index in [2.05, 4.69) is 48.5 Å². The maximum atomic E-state index is 2.19. The van der Waals surface area contributed by atoms with Gasteiger partial charge in [0, 0.05) is 0 Å². The SMILES string of the molecule is [Fe+2].[Fe+2].c1cc[c-]([Se][c-]2cccc2)c1.c1cc[cH-]c1.c1cc[cH-]c1. The molecule has 3 heteroatoms. The van der Waals surface area contributed by atoms with Gasteiger partial charge in [-0.1, -0.05) is 0 Å². The first kappa shape index (κ1) is 22.0. The summed E-state index contributed by atoms with van der Waals surface area (Å²) in [7, 11) is 0. The second-order valence-corrected chi connectivity index (χ2v) is 6.67. The molecular weight excluding hydrogens is 431 g/mol. The van der Waals surface area contributed by atoms with E-state index in [0.717, 1.165) is 0 Å². The zero-order chi connectivity index (χ0) is 14.6. The zero-order valence-electron chi connectivity index (χ0n) is 12.5. The van der Waals surface area contributed by atoms with Crippen LogP contribution in [0.3, 0.4) is 0 Å². The van der Waals surface area contributed by atoms with Crippen LogP contribution in [0.15, 0.2) is 109 Å². The molecule has 0 atom stereocenters. The molecule has 0 radical (unpaired) electrons. The fraction of sp³-hybridized carbons (Fsp3) is 0. The van der Waals surface area contributed by atoms with Gasteiger partial charge in [-0.2, -0.15) is 36.4 Å². The first-order valence-electron chi connectivity index (χ1n) is 6.90. The number of hydrogen-bond donors (Lipinski definition) is 0. The van der Waals surface area contributed by atoms with Crippen LogP contribution in [-0.2, 0) is 34.1 Å². The van der Waals surface area contributed by atoms with Crippen molar-refractivity contribution in [1.29, 1.82) is 0 Å². The first-order chi connectivity index (χ1) is 10.4. The van der Waals surface area contributed by atoms with E-state index in [-0.39, 0.29) is 34.1 Å². The van der Waals surface area contributed by atoms with Crippen molar-refractivity contribution in [2.75, 3.05) is 0 Å². The summed E-state index contributed by atoms with van der Waals surface area (Å²) in [6.07, 6.45) is 0. The Morgan fingerprint density at radius 3 is 1.00 bits per heavy atom. The zero-order valence-corrected chi connectivity index (χ0v) is 16.4. The normalized spacial score (nSPS) is 8.35. The van der Waals surface area contributed by atoms with E-state index in [1.165, 1.54) is 8.92 Å². The van der Waals surface area contributed by atoms with Gasteiger partial charge in [0.1, 0.15) is 0 Å². The average Bonchev–Trinajstić information content (AvgIpc) is 3.30. The molecule has 0 aromatic heterocycles. The molecule has 0 fully saturated rings. The fourth-order valence-electron chi connectivity index (χ4n) is 1.63. The third kappa shape index (κ3) is 10.4. The van der Waals surface area contributed by atoms with E-state index in [0.29, 0.717) is 15.0 Å². The van der Waals surface area contributed by atoms with Crippen molar-refractivity contribution in [1.82, 2.24) is 0 Å². The standard InChI is InChI=1S/C10H8Se.2C5H5.2Fe/c1-2-6-9(5-1)11-10-7-3-4-8-10;2*1-2-4-5-3-1;;/h1-8H;2*1-5H;;/q-2;2*-1;2*+2. The van der Waals surface area contributed by atoms with Gasteiger partial charge in [0.05, 0.1) is 0 Å². The van der Waals surface area contributed by atoms with Crippen LogP contribution in [0, 0.1) is 0 Å². The molecule has 0 aliphatic carbocycles. The summed E-state index contributed by atoms with van der Waals surface area (Å²) < 4.78 is 2.92. The van der Waals surface area contributed by atoms with Crippen LogP contribution in [-0.4, -0.2) is 15.0 Å². The summed E-state index contributed by atoms with van der Waals surface area (Å²) in [5, 5.41) is 0. The van der Waals surface area contributed by atoms with Gasteiger partial charge in [-0.25, -0.2) is 24.3 Å². The van der Waals surface area contributed by atoms with E-state index >= 15 is 0 Å². The largest absolute Gasteiger partial charge is 0.214 e. The quantitative estimate of drug-likeness (QED) is 0.325. The molecule has 0 saturated heterocycles. The monoisotopic (exact) mass is 450 g/mol. The summed E-state index contributed by atoms with van der Waals surface area (Å²) in [5.41, 5.74) is 0. The molecule has 4 rings (SSSR count). The van der Waals surface area contributed by atoms with Crippen LogP contribution in [0.5, 0.6) is 0 Å². The Kier molecular flexibility index (Phi) is 13.9. The number of hydrogen-bond acceptors (Lipinski definition) is 0. The van der Waals surface area contributed by atoms with Gasteiger partial charge in [0.25, 0.3) is 0 Å². The van der Waals surface area contributed by atoms with Crippen LogP contribution < -0.4 is 8.92 Å². The van der Waals surface area contributed by atoms with E-state index in [1.54, 1.807) is 0 Å². The molecule has 0 saturated carbocycles. The molecule has 0 spiro atoms. The number of rotatable bonds is 2. The Hall–Kier alpha value is -1.04. The molecule has 23 heavy (non-hydrogen) atoms. The Balaban J connectivity index is 0.000000342. The Labute approximate surface area is 166 Å². The van der Waals surface area contributed by atoms with Gasteiger partial charge >= 0.3 is 107 Å². The minimum absolute atomic E-state index is 0. The molecule has 4 aromatic carbocycles. The smallest absolute Gasteiger partial charge is 0.172 e. The van der Waals surface area contributed by atoms with Crippen LogP contribution in [0.25, 0.3) is 0 Å². The van der Waals surface area contributed by atoms with E-state index in [9.17, 15) is 0 Å². The van der Waals surface area contributed by atoms with Crippen molar-refractivity contribution >= 4 is 23.9 Å². The second kappa shape index (κ2) is 14.5. The summed E-state index contributed by atoms with van der Waals surface area (Å²) in [6, 6.07) is 37.1. The van der Waals surface area contributed by atoms with Crippen molar-refractivity contribution in [2.24, 2.45) is 0 Å². The summed E-state index contributed by atoms with van der Waals surface area (Å²) in [5.74, 6) is 0. The molecule has 0 aliphatic rings. The predicted octanol–water partition coefficient (Wildman–Crippen LogP) is 3.59. The second-order valence-electron chi connectivity index (χ2n) is 4.27. The van der Waals surface area contributed by atoms with Crippen LogP contribution in [0.2, 0.25) is 0 Å². The molecule has 0 amide bonds. The first-order valence-corrected chi connectivity index (χ1v) is 8.61. The van der Waals surface area contributed by atoms with Crippen molar-refractivity contribution < 1.29 is 34.1 Å². The van der Waals surface area contributed by atoms with Crippen LogP contribution in [0.4, 0.5) is 0 Å². The van der Waals surface area contributed by atoms with Gasteiger partial charge < -0.3 is 0 Å². The van der Waals surface area contributed by atoms with Crippen molar-refractivity contribution in [2.45, 2.75) is 0 Å². The van der Waals surface area contributed by atoms with Gasteiger partial charge in [0.2, 0.25) is 0 Å². The Bertz CT molecular complexity index is 525. The van der Waals surface area contributed by atoms with Gasteiger partial charge in [-0.3, -0.25) is 0 Å². The van der Waals surface area contributed by atoms with Gasteiger partial charge in [-0.05, 0) is 0 Å². The third-order valence-corrected chi connectivity index (χ3v) is 4.74. The maximum absolute atomic E-state index is 2.19. The molecule has 0 heterocycles. The Morgan fingerprint density at radius 1 is 0.478 bits per heavy atom. The molecule has 120 valence electrons. The van der Waals surface area contributed by atoms with Crippen molar-refractivity contribution in [3.05, 3.63) is 109 Å². The molecule has 0 nitrogen and oxygen atoms in total. The topological polar surface area (TPSA) is 0 Å². The van der Waals surface area contributed by atoms with Crippen molar-refractivity contribution in [3.63, 3.8) is 0 Å². The maximum Gasteiger partial charge on any atom is -0.172 e. The molecule has 0 aliphatic heterocycles. The van der Waals surface area contributed by atoms with Gasteiger partial charge in [0.15, 0.2) is 0 Å². The van der Waals surface area contributed by atoms with Crippen LogP contribution >= 0.6 is 0 Å². The molecular formula is C20H18Fe2Se. The summed E-state index contributed by atoms with van der Waals surface area (Å²) >= 11 is 0.521. The van der Waals surface area contributed by atoms with E-state index in [1.807, 2.05) is 60.7 Å². The molecule has 4 aromatic rings. The van der Waals surface area contributed by atoms with Crippen LogP contribution in [0.1, 0.15) is 0 Å². The average molecular weight is 449 g/mol. The fourth-order valence-corrected chi connectivity index (χ4v) is 3.43.